The standard InChI is InChI=1S/C81H66O11/c1-78(2,52-21-13-9-14-22-52)56-37-29-48(30-38-56)68(82)61-45-60(61)62-46-63-66-67-64(77(87)91-71(66)69(62)89-74(84)50-33-41-58(42-34-50)80(5,6)54-25-17-11-18-26-54)47-65(88-73(83)49-31-39-57(40-32-49)79(3,4)53-23-15-10-16-24-53)70(72(67)92-76(63)86)90-75(85)51-35-43-59(44-36-51)81(7,8)55-27-19-12-20-28-55/h9-44,46-47,60-61H,45H2,1-8H3. The zero-order valence-corrected chi connectivity index (χ0v) is 52.3. The van der Waals surface area contributed by atoms with Gasteiger partial charge in [-0.25, -0.2) is 24.0 Å². The van der Waals surface area contributed by atoms with Crippen molar-refractivity contribution in [2.45, 2.75) is 89.4 Å². The van der Waals surface area contributed by atoms with Gasteiger partial charge in [-0.2, -0.15) is 0 Å². The van der Waals surface area contributed by atoms with Crippen molar-refractivity contribution in [2.24, 2.45) is 5.92 Å². The number of benzene rings is 10. The lowest BCUT2D eigenvalue weighted by atomic mass is 9.78. The Morgan fingerprint density at radius 1 is 0.359 bits per heavy atom. The Kier molecular flexibility index (Phi) is 15.2. The van der Waals surface area contributed by atoms with E-state index < -0.39 is 74.3 Å². The zero-order chi connectivity index (χ0) is 64.4. The fourth-order valence-electron chi connectivity index (χ4n) is 12.8. The maximum Gasteiger partial charge on any atom is 0.344 e. The van der Waals surface area contributed by atoms with Crippen LogP contribution in [0.25, 0.3) is 32.7 Å². The highest BCUT2D eigenvalue weighted by Crippen LogP contribution is 2.55. The van der Waals surface area contributed by atoms with Gasteiger partial charge in [-0.1, -0.05) is 237 Å². The molecule has 13 rings (SSSR count). The van der Waals surface area contributed by atoms with Gasteiger partial charge in [0.1, 0.15) is 0 Å². The molecule has 1 fully saturated rings. The second-order valence-corrected chi connectivity index (χ2v) is 26.0. The number of carbonyl (C=O) groups excluding carboxylic acids is 4. The van der Waals surface area contributed by atoms with Crippen molar-refractivity contribution in [3.8, 4) is 17.2 Å². The molecule has 92 heavy (non-hydrogen) atoms. The third-order valence-electron chi connectivity index (χ3n) is 19.1. The van der Waals surface area contributed by atoms with Crippen LogP contribution < -0.4 is 25.5 Å². The third-order valence-corrected chi connectivity index (χ3v) is 19.1. The first-order chi connectivity index (χ1) is 44.1. The van der Waals surface area contributed by atoms with Crippen LogP contribution in [-0.2, 0) is 21.7 Å². The first-order valence-electron chi connectivity index (χ1n) is 30.8. The molecule has 1 aliphatic rings. The summed E-state index contributed by atoms with van der Waals surface area (Å²) in [6.45, 7) is 16.8. The van der Waals surface area contributed by atoms with E-state index in [1.54, 1.807) is 36.4 Å². The quantitative estimate of drug-likeness (QED) is 0.0281. The number of hydrogen-bond acceptors (Lipinski definition) is 11. The minimum absolute atomic E-state index is 0.00297. The smallest absolute Gasteiger partial charge is 0.344 e. The lowest BCUT2D eigenvalue weighted by Crippen LogP contribution is -2.19. The van der Waals surface area contributed by atoms with E-state index >= 15 is 0 Å². The minimum atomic E-state index is -0.999. The molecule has 0 radical (unpaired) electrons. The summed E-state index contributed by atoms with van der Waals surface area (Å²) in [7, 11) is 0. The molecule has 0 amide bonds. The van der Waals surface area contributed by atoms with Crippen molar-refractivity contribution in [2.75, 3.05) is 0 Å². The maximum absolute atomic E-state index is 15.0. The molecule has 1 aliphatic carbocycles. The largest absolute Gasteiger partial charge is 0.419 e. The van der Waals surface area contributed by atoms with Gasteiger partial charge in [-0.15, -0.1) is 0 Å². The minimum Gasteiger partial charge on any atom is -0.419 e. The lowest BCUT2D eigenvalue weighted by molar-refractivity contribution is 0.0683. The molecule has 0 bridgehead atoms. The molecule has 456 valence electrons. The molecule has 0 N–H and O–H groups in total. The summed E-state index contributed by atoms with van der Waals surface area (Å²) in [6.07, 6.45) is 0.306. The molecule has 2 aromatic heterocycles. The van der Waals surface area contributed by atoms with E-state index in [9.17, 15) is 28.8 Å². The number of esters is 3. The van der Waals surface area contributed by atoms with E-state index in [1.165, 1.54) is 12.1 Å². The summed E-state index contributed by atoms with van der Waals surface area (Å²) >= 11 is 0. The SMILES string of the molecule is CC(C)(c1ccccc1)c1ccc(C(=O)Oc2cc3c(=O)oc4c(OC(=O)c5ccc(C(C)(C)c6ccccc6)cc5)c(C5CC5C(=O)c5ccc(C(C)(C)c6ccccc6)cc5)cc5c(=O)oc(c2OC(=O)c2ccc(C(C)(C)c6ccccc6)cc2)c3c45)cc1. The maximum atomic E-state index is 15.0. The Hall–Kier alpha value is -10.8. The molecule has 0 spiro atoms. The first kappa shape index (κ1) is 60.1. The van der Waals surface area contributed by atoms with E-state index in [2.05, 4.69) is 67.5 Å². The third kappa shape index (κ3) is 10.9. The fourth-order valence-corrected chi connectivity index (χ4v) is 12.8. The highest BCUT2D eigenvalue weighted by atomic mass is 16.6. The molecule has 2 unspecified atom stereocenters. The molecular formula is C81H66O11. The number of hydrogen-bond donors (Lipinski definition) is 0. The van der Waals surface area contributed by atoms with Crippen molar-refractivity contribution < 1.29 is 42.2 Å². The van der Waals surface area contributed by atoms with Crippen LogP contribution in [0, 0.1) is 5.92 Å². The molecule has 2 heterocycles. The van der Waals surface area contributed by atoms with Gasteiger partial charge in [-0.3, -0.25) is 4.79 Å². The van der Waals surface area contributed by atoms with Gasteiger partial charge in [-0.05, 0) is 99.3 Å². The van der Waals surface area contributed by atoms with Gasteiger partial charge < -0.3 is 23.0 Å². The topological polar surface area (TPSA) is 156 Å². The monoisotopic (exact) mass is 1210 g/mol. The molecule has 0 saturated heterocycles. The van der Waals surface area contributed by atoms with Crippen molar-refractivity contribution in [3.63, 3.8) is 0 Å². The second-order valence-electron chi connectivity index (χ2n) is 26.0. The van der Waals surface area contributed by atoms with Crippen LogP contribution in [0.3, 0.4) is 0 Å². The van der Waals surface area contributed by atoms with E-state index in [0.717, 1.165) is 44.5 Å². The van der Waals surface area contributed by atoms with Crippen LogP contribution in [0.5, 0.6) is 17.2 Å². The molecule has 11 heteroatoms. The molecular weight excluding hydrogens is 1150 g/mol. The van der Waals surface area contributed by atoms with Crippen LogP contribution in [0.1, 0.15) is 159 Å². The molecule has 0 aliphatic heterocycles. The molecule has 11 nitrogen and oxygen atoms in total. The van der Waals surface area contributed by atoms with Crippen molar-refractivity contribution in [3.05, 3.63) is 324 Å². The van der Waals surface area contributed by atoms with E-state index in [-0.39, 0.29) is 66.3 Å². The predicted octanol–water partition coefficient (Wildman–Crippen LogP) is 17.4. The highest BCUT2D eigenvalue weighted by Gasteiger charge is 2.47. The molecule has 12 aromatic rings. The van der Waals surface area contributed by atoms with Crippen LogP contribution >= 0.6 is 0 Å². The van der Waals surface area contributed by atoms with Gasteiger partial charge in [0.05, 0.1) is 27.5 Å². The number of Topliss-reactive ketones (excluding diaryl/α,β-unsaturated/α-hetero) is 1. The van der Waals surface area contributed by atoms with Crippen LogP contribution in [0.2, 0.25) is 0 Å². The normalized spacial score (nSPS) is 14.3. The Morgan fingerprint density at radius 3 is 1.01 bits per heavy atom. The summed E-state index contributed by atoms with van der Waals surface area (Å²) in [5, 5.41) is -0.335. The van der Waals surface area contributed by atoms with Crippen LogP contribution in [0.4, 0.5) is 0 Å². The number of carbonyl (C=O) groups is 4. The van der Waals surface area contributed by atoms with Gasteiger partial charge in [0.15, 0.2) is 28.4 Å². The fraction of sp³-hybridized carbons (Fsp3) is 0.185. The predicted molar refractivity (Wildman–Crippen MR) is 357 cm³/mol. The Morgan fingerprint density at radius 2 is 0.652 bits per heavy atom. The van der Waals surface area contributed by atoms with E-state index in [4.69, 9.17) is 23.0 Å². The molecule has 2 atom stereocenters. The summed E-state index contributed by atoms with van der Waals surface area (Å²) in [4.78, 5) is 88.4. The van der Waals surface area contributed by atoms with Gasteiger partial charge in [0, 0.05) is 55.5 Å². The van der Waals surface area contributed by atoms with Crippen molar-refractivity contribution in [1.29, 1.82) is 0 Å². The lowest BCUT2D eigenvalue weighted by Gasteiger charge is -2.26. The van der Waals surface area contributed by atoms with Gasteiger partial charge in [0.25, 0.3) is 0 Å². The average Bonchev–Trinajstić information content (AvgIpc) is 1.17. The van der Waals surface area contributed by atoms with Crippen LogP contribution in [0.15, 0.2) is 249 Å². The summed E-state index contributed by atoms with van der Waals surface area (Å²) in [5.74, 6) is -5.09. The Bertz CT molecular complexity index is 4930. The van der Waals surface area contributed by atoms with Crippen molar-refractivity contribution >= 4 is 56.4 Å². The number of rotatable bonds is 17. The zero-order valence-electron chi connectivity index (χ0n) is 52.3. The van der Waals surface area contributed by atoms with Gasteiger partial charge >= 0.3 is 29.2 Å². The Balaban J connectivity index is 0.926. The van der Waals surface area contributed by atoms with Gasteiger partial charge in [0.2, 0.25) is 5.75 Å². The summed E-state index contributed by atoms with van der Waals surface area (Å²) in [6, 6.07) is 71.1. The highest BCUT2D eigenvalue weighted by molar-refractivity contribution is 6.23. The number of ether oxygens (including phenoxy) is 3. The van der Waals surface area contributed by atoms with E-state index in [1.807, 2.05) is 170 Å². The Labute approximate surface area is 532 Å². The van der Waals surface area contributed by atoms with Crippen molar-refractivity contribution in [1.82, 2.24) is 0 Å². The second kappa shape index (κ2) is 23.2. The number of ketones is 1. The summed E-state index contributed by atoms with van der Waals surface area (Å²) < 4.78 is 31.3. The van der Waals surface area contributed by atoms with Crippen LogP contribution in [-0.4, -0.2) is 23.7 Å². The summed E-state index contributed by atoms with van der Waals surface area (Å²) in [5.41, 5.74) is 4.90. The molecule has 10 aromatic carbocycles. The molecule has 1 saturated carbocycles. The first-order valence-corrected chi connectivity index (χ1v) is 30.8. The average molecular weight is 1220 g/mol. The van der Waals surface area contributed by atoms with E-state index in [0.29, 0.717) is 12.0 Å².